The van der Waals surface area contributed by atoms with E-state index in [0.717, 1.165) is 22.3 Å². The molecular formula is C21H19N5O. The molecule has 1 N–H and O–H groups in total. The van der Waals surface area contributed by atoms with E-state index in [0.29, 0.717) is 31.7 Å². The van der Waals surface area contributed by atoms with Crippen molar-refractivity contribution in [2.75, 3.05) is 36.4 Å². The molecule has 2 amide bonds. The van der Waals surface area contributed by atoms with Gasteiger partial charge in [0, 0.05) is 38.1 Å². The Labute approximate surface area is 157 Å². The maximum atomic E-state index is 12.6. The average Bonchev–Trinajstić information content (AvgIpc) is 2.74. The molecule has 6 heteroatoms. The largest absolute Gasteiger partial charge is 0.353 e. The molecule has 3 aromatic rings. The standard InChI is InChI=1S/C21H19N5O/c22-14-16-5-8-20(23-15-16)25-9-11-26(12-10-25)21(27)24-19-7-6-17-3-1-2-4-18(17)13-19/h1-8,13,15H,9-12H2,(H,24,27). The number of rotatable bonds is 2. The second-order valence-corrected chi connectivity index (χ2v) is 6.48. The van der Waals surface area contributed by atoms with Crippen molar-refractivity contribution in [1.29, 1.82) is 5.26 Å². The topological polar surface area (TPSA) is 72.3 Å². The van der Waals surface area contributed by atoms with Crippen LogP contribution in [-0.2, 0) is 0 Å². The molecule has 2 heterocycles. The highest BCUT2D eigenvalue weighted by atomic mass is 16.2. The average molecular weight is 357 g/mol. The Hall–Kier alpha value is -3.59. The molecule has 1 aliphatic rings. The van der Waals surface area contributed by atoms with E-state index in [2.05, 4.69) is 27.3 Å². The van der Waals surface area contributed by atoms with E-state index in [4.69, 9.17) is 5.26 Å². The molecule has 1 aliphatic heterocycles. The number of urea groups is 1. The van der Waals surface area contributed by atoms with Gasteiger partial charge in [-0.25, -0.2) is 9.78 Å². The Bertz CT molecular complexity index is 1000. The second-order valence-electron chi connectivity index (χ2n) is 6.48. The quantitative estimate of drug-likeness (QED) is 0.762. The van der Waals surface area contributed by atoms with Crippen molar-refractivity contribution in [3.05, 3.63) is 66.4 Å². The number of anilines is 2. The summed E-state index contributed by atoms with van der Waals surface area (Å²) in [5.74, 6) is 0.837. The lowest BCUT2D eigenvalue weighted by Gasteiger charge is -2.35. The molecule has 1 aromatic heterocycles. The third-order valence-corrected chi connectivity index (χ3v) is 4.77. The molecule has 4 rings (SSSR count). The fourth-order valence-corrected chi connectivity index (χ4v) is 3.25. The van der Waals surface area contributed by atoms with Crippen molar-refractivity contribution in [2.45, 2.75) is 0 Å². The van der Waals surface area contributed by atoms with Crippen LogP contribution in [0.2, 0.25) is 0 Å². The molecule has 27 heavy (non-hydrogen) atoms. The fraction of sp³-hybridized carbons (Fsp3) is 0.190. The SMILES string of the molecule is N#Cc1ccc(N2CCN(C(=O)Nc3ccc4ccccc4c3)CC2)nc1. The van der Waals surface area contributed by atoms with Crippen molar-refractivity contribution < 1.29 is 4.79 Å². The third kappa shape index (κ3) is 3.67. The van der Waals surface area contributed by atoms with Crippen LogP contribution in [0.25, 0.3) is 10.8 Å². The Morgan fingerprint density at radius 1 is 1.00 bits per heavy atom. The molecule has 0 atom stereocenters. The Balaban J connectivity index is 1.37. The first-order valence-electron chi connectivity index (χ1n) is 8.89. The molecule has 2 aromatic carbocycles. The first-order chi connectivity index (χ1) is 13.2. The summed E-state index contributed by atoms with van der Waals surface area (Å²) in [6, 6.07) is 19.6. The lowest BCUT2D eigenvalue weighted by atomic mass is 10.1. The highest BCUT2D eigenvalue weighted by molar-refractivity contribution is 5.93. The monoisotopic (exact) mass is 357 g/mol. The Morgan fingerprint density at radius 2 is 1.78 bits per heavy atom. The van der Waals surface area contributed by atoms with E-state index in [-0.39, 0.29) is 6.03 Å². The summed E-state index contributed by atoms with van der Waals surface area (Å²) < 4.78 is 0. The van der Waals surface area contributed by atoms with E-state index in [1.54, 1.807) is 12.3 Å². The summed E-state index contributed by atoms with van der Waals surface area (Å²) in [5.41, 5.74) is 1.35. The van der Waals surface area contributed by atoms with Gasteiger partial charge in [0.25, 0.3) is 0 Å². The van der Waals surface area contributed by atoms with E-state index in [9.17, 15) is 4.79 Å². The number of amides is 2. The van der Waals surface area contributed by atoms with Gasteiger partial charge < -0.3 is 15.1 Å². The van der Waals surface area contributed by atoms with Gasteiger partial charge in [-0.2, -0.15) is 5.26 Å². The molecule has 134 valence electrons. The van der Waals surface area contributed by atoms with Crippen molar-refractivity contribution >= 4 is 28.3 Å². The van der Waals surface area contributed by atoms with Crippen LogP contribution in [0.3, 0.4) is 0 Å². The van der Waals surface area contributed by atoms with Crippen LogP contribution in [0.4, 0.5) is 16.3 Å². The summed E-state index contributed by atoms with van der Waals surface area (Å²) in [6.07, 6.45) is 1.58. The molecular weight excluding hydrogens is 338 g/mol. The number of carbonyl (C=O) groups is 1. The van der Waals surface area contributed by atoms with Crippen molar-refractivity contribution in [1.82, 2.24) is 9.88 Å². The summed E-state index contributed by atoms with van der Waals surface area (Å²) in [7, 11) is 0. The van der Waals surface area contributed by atoms with Gasteiger partial charge in [0.05, 0.1) is 5.56 Å². The van der Waals surface area contributed by atoms with Gasteiger partial charge in [-0.1, -0.05) is 30.3 Å². The van der Waals surface area contributed by atoms with Crippen molar-refractivity contribution in [3.63, 3.8) is 0 Å². The van der Waals surface area contributed by atoms with Gasteiger partial charge in [-0.3, -0.25) is 0 Å². The highest BCUT2D eigenvalue weighted by Crippen LogP contribution is 2.20. The van der Waals surface area contributed by atoms with Crippen molar-refractivity contribution in [3.8, 4) is 6.07 Å². The van der Waals surface area contributed by atoms with Gasteiger partial charge in [-0.15, -0.1) is 0 Å². The molecule has 0 bridgehead atoms. The molecule has 0 saturated carbocycles. The van der Waals surface area contributed by atoms with Crippen molar-refractivity contribution in [2.24, 2.45) is 0 Å². The molecule has 1 fully saturated rings. The molecule has 0 aliphatic carbocycles. The first-order valence-corrected chi connectivity index (χ1v) is 8.89. The zero-order valence-electron chi connectivity index (χ0n) is 14.8. The van der Waals surface area contributed by atoms with Crippen LogP contribution in [0.5, 0.6) is 0 Å². The van der Waals surface area contributed by atoms with Crippen LogP contribution in [0.15, 0.2) is 60.8 Å². The number of piperazine rings is 1. The number of nitrogens with zero attached hydrogens (tertiary/aromatic N) is 4. The summed E-state index contributed by atoms with van der Waals surface area (Å²) in [4.78, 5) is 20.8. The normalized spacial score (nSPS) is 14.0. The second kappa shape index (κ2) is 7.34. The van der Waals surface area contributed by atoms with Crippen LogP contribution in [-0.4, -0.2) is 42.1 Å². The fourth-order valence-electron chi connectivity index (χ4n) is 3.25. The first kappa shape index (κ1) is 16.9. The lowest BCUT2D eigenvalue weighted by molar-refractivity contribution is 0.208. The zero-order chi connectivity index (χ0) is 18.6. The molecule has 1 saturated heterocycles. The van der Waals surface area contributed by atoms with Crippen LogP contribution in [0, 0.1) is 11.3 Å². The van der Waals surface area contributed by atoms with Crippen LogP contribution in [0.1, 0.15) is 5.56 Å². The number of carbonyl (C=O) groups excluding carboxylic acids is 1. The van der Waals surface area contributed by atoms with Gasteiger partial charge in [0.2, 0.25) is 0 Å². The number of nitrogens with one attached hydrogen (secondary N) is 1. The number of fused-ring (bicyclic) bond motifs is 1. The van der Waals surface area contributed by atoms with E-state index >= 15 is 0 Å². The number of hydrogen-bond acceptors (Lipinski definition) is 4. The minimum Gasteiger partial charge on any atom is -0.353 e. The third-order valence-electron chi connectivity index (χ3n) is 4.77. The molecule has 0 spiro atoms. The maximum absolute atomic E-state index is 12.6. The van der Waals surface area contributed by atoms with E-state index in [1.807, 2.05) is 47.4 Å². The number of pyridine rings is 1. The molecule has 0 unspecified atom stereocenters. The lowest BCUT2D eigenvalue weighted by Crippen LogP contribution is -2.50. The van der Waals surface area contributed by atoms with Gasteiger partial charge in [-0.05, 0) is 35.0 Å². The number of nitriles is 1. The smallest absolute Gasteiger partial charge is 0.321 e. The van der Waals surface area contributed by atoms with E-state index < -0.39 is 0 Å². The predicted octanol–water partition coefficient (Wildman–Crippen LogP) is 3.46. The molecule has 6 nitrogen and oxygen atoms in total. The number of benzene rings is 2. The summed E-state index contributed by atoms with van der Waals surface area (Å²) in [6.45, 7) is 2.68. The van der Waals surface area contributed by atoms with Gasteiger partial charge in [0.1, 0.15) is 11.9 Å². The Morgan fingerprint density at radius 3 is 2.48 bits per heavy atom. The molecule has 0 radical (unpaired) electrons. The highest BCUT2D eigenvalue weighted by Gasteiger charge is 2.22. The number of hydrogen-bond donors (Lipinski definition) is 1. The predicted molar refractivity (Wildman–Crippen MR) is 106 cm³/mol. The minimum atomic E-state index is -0.0854. The zero-order valence-corrected chi connectivity index (χ0v) is 14.8. The van der Waals surface area contributed by atoms with E-state index in [1.165, 1.54) is 0 Å². The van der Waals surface area contributed by atoms with Crippen LogP contribution < -0.4 is 10.2 Å². The van der Waals surface area contributed by atoms with Gasteiger partial charge >= 0.3 is 6.03 Å². The Kier molecular flexibility index (Phi) is 4.58. The summed E-state index contributed by atoms with van der Waals surface area (Å²) in [5, 5.41) is 14.1. The summed E-state index contributed by atoms with van der Waals surface area (Å²) >= 11 is 0. The minimum absolute atomic E-state index is 0.0854. The van der Waals surface area contributed by atoms with Gasteiger partial charge in [0.15, 0.2) is 0 Å². The maximum Gasteiger partial charge on any atom is 0.321 e. The van der Waals surface area contributed by atoms with Crippen LogP contribution >= 0.6 is 0 Å². The number of aromatic nitrogens is 1.